The van der Waals surface area contributed by atoms with Crippen LogP contribution in [0.5, 0.6) is 11.5 Å². The van der Waals surface area contributed by atoms with Crippen LogP contribution < -0.4 is 14.8 Å². The predicted octanol–water partition coefficient (Wildman–Crippen LogP) is 5.99. The Morgan fingerprint density at radius 3 is 2.55 bits per heavy atom. The molecule has 1 atom stereocenters. The van der Waals surface area contributed by atoms with Gasteiger partial charge < -0.3 is 23.9 Å². The fourth-order valence-electron chi connectivity index (χ4n) is 4.54. The van der Waals surface area contributed by atoms with Gasteiger partial charge in [-0.3, -0.25) is 4.79 Å². The number of fused-ring (bicyclic) bond motifs is 3. The van der Waals surface area contributed by atoms with Crippen molar-refractivity contribution in [2.45, 2.75) is 19.4 Å². The quantitative estimate of drug-likeness (QED) is 0.281. The Morgan fingerprint density at radius 2 is 1.74 bits per heavy atom. The van der Waals surface area contributed by atoms with Crippen molar-refractivity contribution in [3.63, 3.8) is 0 Å². The van der Waals surface area contributed by atoms with E-state index in [4.69, 9.17) is 18.6 Å². The molecule has 1 aliphatic heterocycles. The fraction of sp³-hybridized carbons (Fsp3) is 0.167. The van der Waals surface area contributed by atoms with Gasteiger partial charge in [0.05, 0.1) is 5.56 Å². The maximum atomic E-state index is 13.4. The molecule has 0 spiro atoms. The summed E-state index contributed by atoms with van der Waals surface area (Å²) in [5.41, 5.74) is 2.89. The Balaban J connectivity index is 1.28. The van der Waals surface area contributed by atoms with Crippen LogP contribution in [0, 0.1) is 0 Å². The number of nitrogens with one attached hydrogen (secondary N) is 1. The molecule has 0 aliphatic carbocycles. The van der Waals surface area contributed by atoms with Crippen molar-refractivity contribution >= 4 is 39.4 Å². The molecule has 1 amide bonds. The monoisotopic (exact) mass is 508 g/mol. The highest BCUT2D eigenvalue weighted by Gasteiger charge is 2.25. The van der Waals surface area contributed by atoms with Crippen molar-refractivity contribution in [2.75, 3.05) is 18.5 Å². The topological polar surface area (TPSA) is 99.9 Å². The van der Waals surface area contributed by atoms with Gasteiger partial charge in [0.15, 0.2) is 23.2 Å². The van der Waals surface area contributed by atoms with Crippen molar-refractivity contribution in [3.8, 4) is 23.0 Å². The normalized spacial score (nSPS) is 13.3. The first-order chi connectivity index (χ1) is 18.6. The molecule has 8 nitrogen and oxygen atoms in total. The van der Waals surface area contributed by atoms with Crippen LogP contribution in [0.2, 0.25) is 0 Å². The highest BCUT2D eigenvalue weighted by Crippen LogP contribution is 2.34. The van der Waals surface area contributed by atoms with Gasteiger partial charge in [0, 0.05) is 22.7 Å². The minimum absolute atomic E-state index is 0.297. The third-order valence-electron chi connectivity index (χ3n) is 6.37. The zero-order valence-electron chi connectivity index (χ0n) is 20.6. The molecule has 2 heterocycles. The number of carbonyl (C=O) groups is 2. The third-order valence-corrected chi connectivity index (χ3v) is 6.37. The second-order valence-electron chi connectivity index (χ2n) is 8.85. The van der Waals surface area contributed by atoms with Crippen molar-refractivity contribution in [2.24, 2.45) is 0 Å². The minimum Gasteiger partial charge on any atom is -0.486 e. The lowest BCUT2D eigenvalue weighted by Gasteiger charge is -2.20. The first-order valence-electron chi connectivity index (χ1n) is 12.4. The highest BCUT2D eigenvalue weighted by atomic mass is 16.6. The number of oxazole rings is 1. The molecule has 0 saturated heterocycles. The number of carbonyl (C=O) groups excluding carboxylic acids is 2. The smallest absolute Gasteiger partial charge is 0.339 e. The van der Waals surface area contributed by atoms with Gasteiger partial charge >= 0.3 is 5.97 Å². The van der Waals surface area contributed by atoms with E-state index >= 15 is 0 Å². The number of esters is 1. The minimum atomic E-state index is -0.998. The molecular formula is C30H24N2O6. The number of aromatic nitrogens is 1. The van der Waals surface area contributed by atoms with Gasteiger partial charge in [-0.2, -0.15) is 0 Å². The van der Waals surface area contributed by atoms with Crippen LogP contribution >= 0.6 is 0 Å². The Hall–Kier alpha value is -4.85. The standard InChI is InChI=1S/C30H24N2O6/c1-2-23(28(33)31-19-13-14-25-26(17-19)36-16-15-35-25)38-30(34)21-10-6-8-18-7-5-9-20(27(18)21)29-32-22-11-3-4-12-24(22)37-29/h3-14,17,23H,2,15-16H2,1H3,(H,31,33). The highest BCUT2D eigenvalue weighted by molar-refractivity contribution is 6.10. The maximum absolute atomic E-state index is 13.4. The molecule has 6 rings (SSSR count). The van der Waals surface area contributed by atoms with Crippen molar-refractivity contribution in [3.05, 3.63) is 84.4 Å². The Morgan fingerprint density at radius 1 is 0.947 bits per heavy atom. The molecular weight excluding hydrogens is 484 g/mol. The lowest BCUT2D eigenvalue weighted by molar-refractivity contribution is -0.124. The van der Waals surface area contributed by atoms with Gasteiger partial charge in [0.2, 0.25) is 5.89 Å². The Labute approximate surface area is 218 Å². The number of ether oxygens (including phenoxy) is 3. The lowest BCUT2D eigenvalue weighted by Crippen LogP contribution is -2.32. The van der Waals surface area contributed by atoms with Crippen LogP contribution in [0.25, 0.3) is 33.3 Å². The van der Waals surface area contributed by atoms with Gasteiger partial charge in [-0.05, 0) is 48.2 Å². The van der Waals surface area contributed by atoms with E-state index in [1.807, 2.05) is 48.5 Å². The number of amides is 1. The SMILES string of the molecule is CCC(OC(=O)c1cccc2cccc(-c3nc4ccccc4o3)c12)C(=O)Nc1ccc2c(c1)OCCO2. The van der Waals surface area contributed by atoms with Crippen LogP contribution in [0.1, 0.15) is 23.7 Å². The average Bonchev–Trinajstić information content (AvgIpc) is 3.39. The molecule has 1 N–H and O–H groups in total. The van der Waals surface area contributed by atoms with E-state index in [-0.39, 0.29) is 0 Å². The second kappa shape index (κ2) is 9.89. The number of benzene rings is 4. The van der Waals surface area contributed by atoms with Crippen LogP contribution in [0.4, 0.5) is 5.69 Å². The van der Waals surface area contributed by atoms with Crippen LogP contribution in [-0.4, -0.2) is 36.2 Å². The number of hydrogen-bond donors (Lipinski definition) is 1. The molecule has 1 aromatic heterocycles. The van der Waals surface area contributed by atoms with E-state index in [1.54, 1.807) is 37.3 Å². The second-order valence-corrected chi connectivity index (χ2v) is 8.85. The maximum Gasteiger partial charge on any atom is 0.339 e. The molecule has 38 heavy (non-hydrogen) atoms. The van der Waals surface area contributed by atoms with Crippen LogP contribution in [0.3, 0.4) is 0 Å². The van der Waals surface area contributed by atoms with Gasteiger partial charge in [-0.1, -0.05) is 43.3 Å². The molecule has 0 fully saturated rings. The predicted molar refractivity (Wildman–Crippen MR) is 143 cm³/mol. The number of para-hydroxylation sites is 2. The summed E-state index contributed by atoms with van der Waals surface area (Å²) < 4.78 is 22.8. The van der Waals surface area contributed by atoms with Crippen molar-refractivity contribution < 1.29 is 28.2 Å². The summed E-state index contributed by atoms with van der Waals surface area (Å²) in [6.45, 7) is 2.71. The van der Waals surface area contributed by atoms with E-state index < -0.39 is 18.0 Å². The number of rotatable bonds is 6. The van der Waals surface area contributed by atoms with Crippen LogP contribution in [-0.2, 0) is 9.53 Å². The number of nitrogens with zero attached hydrogens (tertiary/aromatic N) is 1. The Kier molecular flexibility index (Phi) is 6.13. The van der Waals surface area contributed by atoms with E-state index in [0.29, 0.717) is 64.8 Å². The number of hydrogen-bond acceptors (Lipinski definition) is 7. The molecule has 0 saturated carbocycles. The third kappa shape index (κ3) is 4.41. The fourth-order valence-corrected chi connectivity index (χ4v) is 4.54. The molecule has 0 radical (unpaired) electrons. The zero-order chi connectivity index (χ0) is 26.1. The van der Waals surface area contributed by atoms with Crippen LogP contribution in [0.15, 0.2) is 83.3 Å². The summed E-state index contributed by atoms with van der Waals surface area (Å²) in [6, 6.07) is 23.7. The van der Waals surface area contributed by atoms with Gasteiger partial charge in [-0.25, -0.2) is 9.78 Å². The van der Waals surface area contributed by atoms with E-state index in [9.17, 15) is 9.59 Å². The summed E-state index contributed by atoms with van der Waals surface area (Å²) in [4.78, 5) is 31.1. The summed E-state index contributed by atoms with van der Waals surface area (Å²) in [6.07, 6.45) is -0.701. The summed E-state index contributed by atoms with van der Waals surface area (Å²) in [7, 11) is 0. The first kappa shape index (κ1) is 23.5. The van der Waals surface area contributed by atoms with E-state index in [2.05, 4.69) is 10.3 Å². The average molecular weight is 509 g/mol. The lowest BCUT2D eigenvalue weighted by atomic mass is 9.99. The summed E-state index contributed by atoms with van der Waals surface area (Å²) >= 11 is 0. The first-order valence-corrected chi connectivity index (χ1v) is 12.4. The molecule has 0 bridgehead atoms. The molecule has 4 aromatic carbocycles. The largest absolute Gasteiger partial charge is 0.486 e. The summed E-state index contributed by atoms with van der Waals surface area (Å²) in [5.74, 6) is 0.542. The zero-order valence-corrected chi connectivity index (χ0v) is 20.6. The van der Waals surface area contributed by atoms with Crippen molar-refractivity contribution in [1.82, 2.24) is 4.98 Å². The number of anilines is 1. The molecule has 190 valence electrons. The molecule has 5 aromatic rings. The van der Waals surface area contributed by atoms with E-state index in [0.717, 1.165) is 10.9 Å². The van der Waals surface area contributed by atoms with Gasteiger partial charge in [0.25, 0.3) is 5.91 Å². The molecule has 1 unspecified atom stereocenters. The molecule has 8 heteroatoms. The van der Waals surface area contributed by atoms with Crippen molar-refractivity contribution in [1.29, 1.82) is 0 Å². The van der Waals surface area contributed by atoms with Gasteiger partial charge in [-0.15, -0.1) is 0 Å². The van der Waals surface area contributed by atoms with E-state index in [1.165, 1.54) is 0 Å². The Bertz CT molecular complexity index is 1640. The summed E-state index contributed by atoms with van der Waals surface area (Å²) in [5, 5.41) is 4.29. The molecule has 1 aliphatic rings. The van der Waals surface area contributed by atoms with Gasteiger partial charge in [0.1, 0.15) is 18.7 Å².